The average molecular weight is 542 g/mol. The number of nitro benzene ring substituents is 1. The second-order valence-corrected chi connectivity index (χ2v) is 10.8. The molecule has 13 heteroatoms. The van der Waals surface area contributed by atoms with Crippen LogP contribution in [0.4, 0.5) is 28.6 Å². The third-order valence-electron chi connectivity index (χ3n) is 6.28. The Morgan fingerprint density at radius 2 is 1.79 bits per heavy atom. The van der Waals surface area contributed by atoms with Gasteiger partial charge in [-0.15, -0.1) is 0 Å². The van der Waals surface area contributed by atoms with Gasteiger partial charge < -0.3 is 14.5 Å². The molecule has 0 aliphatic carbocycles. The number of benzene rings is 2. The third kappa shape index (κ3) is 5.07. The van der Waals surface area contributed by atoms with Crippen LogP contribution in [0.1, 0.15) is 18.3 Å². The molecule has 0 atom stereocenters. The number of rotatable bonds is 10. The highest BCUT2D eigenvalue weighted by Crippen LogP contribution is 2.44. The molecule has 0 saturated carbocycles. The summed E-state index contributed by atoms with van der Waals surface area (Å²) in [6.45, 7) is 3.34. The first kappa shape index (κ1) is 27.1. The fourth-order valence-corrected chi connectivity index (χ4v) is 6.04. The second-order valence-electron chi connectivity index (χ2n) is 9.07. The number of hydrogen-bond donors (Lipinski definition) is 0. The molecular weight excluding hydrogens is 510 g/mol. The van der Waals surface area contributed by atoms with Gasteiger partial charge in [-0.1, -0.05) is 12.1 Å². The van der Waals surface area contributed by atoms with Gasteiger partial charge in [0.1, 0.15) is 17.3 Å². The van der Waals surface area contributed by atoms with Gasteiger partial charge >= 0.3 is 10.2 Å². The summed E-state index contributed by atoms with van der Waals surface area (Å²) in [4.78, 5) is 24.2. The van der Waals surface area contributed by atoms with E-state index < -0.39 is 15.1 Å². The first-order valence-corrected chi connectivity index (χ1v) is 13.4. The molecule has 38 heavy (non-hydrogen) atoms. The minimum Gasteiger partial charge on any atom is -0.496 e. The van der Waals surface area contributed by atoms with E-state index in [2.05, 4.69) is 9.97 Å². The van der Waals surface area contributed by atoms with Gasteiger partial charge in [-0.25, -0.2) is 14.3 Å². The molecule has 2 aromatic carbocycles. The SMILES string of the molecule is CCN1c2ccccc2N(c2ccnc(Cc3cc([N+](=O)[O-])c(N(C)CCN(C)C)cc3OC)n2)S1(=O)=O. The lowest BCUT2D eigenvalue weighted by atomic mass is 10.1. The Bertz CT molecular complexity index is 1450. The number of fused-ring (bicyclic) bond motifs is 1. The van der Waals surface area contributed by atoms with Gasteiger partial charge in [0.15, 0.2) is 5.82 Å². The summed E-state index contributed by atoms with van der Waals surface area (Å²) in [6, 6.07) is 11.7. The molecule has 0 radical (unpaired) electrons. The molecule has 0 N–H and O–H groups in total. The van der Waals surface area contributed by atoms with E-state index >= 15 is 0 Å². The van der Waals surface area contributed by atoms with Crippen molar-refractivity contribution in [3.05, 3.63) is 70.2 Å². The highest BCUT2D eigenvalue weighted by Gasteiger charge is 2.41. The van der Waals surface area contributed by atoms with E-state index in [-0.39, 0.29) is 24.5 Å². The Hall–Kier alpha value is -3.97. The molecule has 1 aliphatic rings. The van der Waals surface area contributed by atoms with Gasteiger partial charge in [0.05, 0.1) is 23.4 Å². The van der Waals surface area contributed by atoms with Crippen LogP contribution in [0.3, 0.4) is 0 Å². The van der Waals surface area contributed by atoms with E-state index in [4.69, 9.17) is 4.74 Å². The van der Waals surface area contributed by atoms with Crippen LogP contribution in [-0.2, 0) is 16.6 Å². The maximum atomic E-state index is 13.4. The average Bonchev–Trinajstić information content (AvgIpc) is 3.12. The largest absolute Gasteiger partial charge is 0.496 e. The highest BCUT2D eigenvalue weighted by atomic mass is 32.2. The fraction of sp³-hybridized carbons (Fsp3) is 0.360. The molecule has 202 valence electrons. The van der Waals surface area contributed by atoms with Crippen LogP contribution >= 0.6 is 0 Å². The third-order valence-corrected chi connectivity index (χ3v) is 8.14. The molecule has 2 heterocycles. The molecule has 1 aromatic heterocycles. The number of nitrogens with zero attached hydrogens (tertiary/aromatic N) is 7. The number of para-hydroxylation sites is 2. The van der Waals surface area contributed by atoms with Gasteiger partial charge in [-0.2, -0.15) is 8.42 Å². The molecule has 0 amide bonds. The van der Waals surface area contributed by atoms with Crippen molar-refractivity contribution < 1.29 is 18.1 Å². The molecule has 4 rings (SSSR count). The summed E-state index contributed by atoms with van der Waals surface area (Å²) >= 11 is 0. The summed E-state index contributed by atoms with van der Waals surface area (Å²) in [6.07, 6.45) is 1.58. The van der Waals surface area contributed by atoms with Crippen molar-refractivity contribution in [3.8, 4) is 5.75 Å². The molecule has 0 saturated heterocycles. The van der Waals surface area contributed by atoms with Gasteiger partial charge in [0, 0.05) is 63.1 Å². The molecular formula is C25H31N7O5S. The van der Waals surface area contributed by atoms with Crippen LogP contribution in [0.25, 0.3) is 0 Å². The van der Waals surface area contributed by atoms with Crippen molar-refractivity contribution in [2.24, 2.45) is 0 Å². The van der Waals surface area contributed by atoms with E-state index in [1.165, 1.54) is 34.0 Å². The number of hydrogen-bond acceptors (Lipinski definition) is 9. The molecule has 3 aromatic rings. The number of likely N-dealkylation sites (N-methyl/N-ethyl adjacent to an activating group) is 2. The Kier molecular flexibility index (Phi) is 7.69. The predicted molar refractivity (Wildman–Crippen MR) is 147 cm³/mol. The Balaban J connectivity index is 1.71. The summed E-state index contributed by atoms with van der Waals surface area (Å²) in [5, 5.41) is 12.0. The smallest absolute Gasteiger partial charge is 0.332 e. The zero-order valence-corrected chi connectivity index (χ0v) is 22.8. The summed E-state index contributed by atoms with van der Waals surface area (Å²) in [5.74, 6) is 0.936. The number of ether oxygens (including phenoxy) is 1. The van der Waals surface area contributed by atoms with Crippen molar-refractivity contribution in [1.82, 2.24) is 14.9 Å². The second kappa shape index (κ2) is 10.8. The van der Waals surface area contributed by atoms with Crippen molar-refractivity contribution in [1.29, 1.82) is 0 Å². The first-order chi connectivity index (χ1) is 18.1. The van der Waals surface area contributed by atoms with Crippen molar-refractivity contribution in [2.75, 3.05) is 61.4 Å². The van der Waals surface area contributed by atoms with E-state index in [0.717, 1.165) is 6.54 Å². The lowest BCUT2D eigenvalue weighted by Crippen LogP contribution is -2.35. The maximum Gasteiger partial charge on any atom is 0.332 e. The van der Waals surface area contributed by atoms with Gasteiger partial charge in [-0.05, 0) is 33.2 Å². The molecule has 12 nitrogen and oxygen atoms in total. The monoisotopic (exact) mass is 541 g/mol. The summed E-state index contributed by atoms with van der Waals surface area (Å²) in [5.41, 5.74) is 1.96. The normalized spacial score (nSPS) is 14.1. The topological polar surface area (TPSA) is 125 Å². The van der Waals surface area contributed by atoms with E-state index in [0.29, 0.717) is 40.7 Å². The number of methoxy groups -OCH3 is 1. The van der Waals surface area contributed by atoms with Gasteiger partial charge in [0.2, 0.25) is 0 Å². The van der Waals surface area contributed by atoms with Crippen LogP contribution in [0.5, 0.6) is 5.75 Å². The van der Waals surface area contributed by atoms with Crippen LogP contribution < -0.4 is 18.2 Å². The summed E-state index contributed by atoms with van der Waals surface area (Å²) < 4.78 is 34.8. The Morgan fingerprint density at radius 3 is 2.42 bits per heavy atom. The maximum absolute atomic E-state index is 13.4. The molecule has 0 fully saturated rings. The fourth-order valence-electron chi connectivity index (χ4n) is 4.38. The standard InChI is InChI=1S/C25H31N7O5S/c1-6-30-19-9-7-8-10-20(19)31(38(30,35)36)25-11-12-26-24(27-25)16-18-15-22(32(33)34)21(17-23(18)37-5)29(4)14-13-28(2)3/h7-12,15,17H,6,13-14,16H2,1-5H3. The molecule has 1 aliphatic heterocycles. The van der Waals surface area contributed by atoms with Crippen LogP contribution in [0.15, 0.2) is 48.7 Å². The predicted octanol–water partition coefficient (Wildman–Crippen LogP) is 3.20. The zero-order valence-electron chi connectivity index (χ0n) is 22.0. The van der Waals surface area contributed by atoms with Gasteiger partial charge in [0.25, 0.3) is 5.69 Å². The van der Waals surface area contributed by atoms with Crippen LogP contribution in [-0.4, -0.2) is 76.1 Å². The zero-order chi connectivity index (χ0) is 27.6. The molecule has 0 bridgehead atoms. The lowest BCUT2D eigenvalue weighted by Gasteiger charge is -2.23. The van der Waals surface area contributed by atoms with E-state index in [1.54, 1.807) is 44.3 Å². The van der Waals surface area contributed by atoms with Crippen molar-refractivity contribution in [2.45, 2.75) is 13.3 Å². The quantitative estimate of drug-likeness (QED) is 0.281. The van der Waals surface area contributed by atoms with Crippen molar-refractivity contribution in [3.63, 3.8) is 0 Å². The number of anilines is 4. The van der Waals surface area contributed by atoms with Crippen molar-refractivity contribution >= 4 is 38.8 Å². The van der Waals surface area contributed by atoms with Crippen LogP contribution in [0, 0.1) is 10.1 Å². The van der Waals surface area contributed by atoms with E-state index in [1.807, 2.05) is 23.9 Å². The first-order valence-electron chi connectivity index (χ1n) is 12.0. The van der Waals surface area contributed by atoms with Crippen LogP contribution in [0.2, 0.25) is 0 Å². The Labute approximate surface area is 222 Å². The minimum atomic E-state index is -3.88. The molecule has 0 spiro atoms. The molecule has 0 unspecified atom stereocenters. The Morgan fingerprint density at radius 1 is 1.08 bits per heavy atom. The minimum absolute atomic E-state index is 0.0622. The summed E-state index contributed by atoms with van der Waals surface area (Å²) in [7, 11) is 3.28. The number of nitro groups is 1. The number of aromatic nitrogens is 2. The van der Waals surface area contributed by atoms with Gasteiger partial charge in [-0.3, -0.25) is 14.4 Å². The lowest BCUT2D eigenvalue weighted by molar-refractivity contribution is -0.384. The van der Waals surface area contributed by atoms with E-state index in [9.17, 15) is 18.5 Å². The highest BCUT2D eigenvalue weighted by molar-refractivity contribution is 7.95.